The lowest BCUT2D eigenvalue weighted by atomic mass is 9.95. The highest BCUT2D eigenvalue weighted by Gasteiger charge is 2.33. The van der Waals surface area contributed by atoms with E-state index < -0.39 is 5.92 Å². The number of hydrogen-bond acceptors (Lipinski definition) is 4. The number of esters is 1. The lowest BCUT2D eigenvalue weighted by Crippen LogP contribution is -2.48. The van der Waals surface area contributed by atoms with Gasteiger partial charge in [-0.1, -0.05) is 18.2 Å². The summed E-state index contributed by atoms with van der Waals surface area (Å²) in [5, 5.41) is 2.88. The molecule has 0 unspecified atom stereocenters. The smallest absolute Gasteiger partial charge is 0.313 e. The highest BCUT2D eigenvalue weighted by Crippen LogP contribution is 2.17. The van der Waals surface area contributed by atoms with E-state index in [1.165, 1.54) is 7.11 Å². The van der Waals surface area contributed by atoms with Crippen LogP contribution in [-0.4, -0.2) is 38.2 Å². The molecule has 0 radical (unpaired) electrons. The molecule has 5 nitrogen and oxygen atoms in total. The fourth-order valence-corrected chi connectivity index (χ4v) is 2.14. The van der Waals surface area contributed by atoms with E-state index in [0.29, 0.717) is 18.6 Å². The van der Waals surface area contributed by atoms with E-state index >= 15 is 0 Å². The Kier molecular flexibility index (Phi) is 4.52. The van der Waals surface area contributed by atoms with Gasteiger partial charge in [0.2, 0.25) is 0 Å². The maximum atomic E-state index is 12.1. The molecule has 1 N–H and O–H groups in total. The first-order chi connectivity index (χ1) is 9.22. The summed E-state index contributed by atoms with van der Waals surface area (Å²) in [6.07, 6.45) is 0.609. The Hall–Kier alpha value is -1.88. The van der Waals surface area contributed by atoms with E-state index in [1.807, 2.05) is 6.07 Å². The molecule has 102 valence electrons. The predicted molar refractivity (Wildman–Crippen MR) is 68.6 cm³/mol. The standard InChI is InChI=1S/C14H17NO4/c1-18-14(17)11-9-19-8-7-12(11)15-13(16)10-5-3-2-4-6-10/h2-6,11-12H,7-9H2,1H3,(H,15,16)/t11-,12+/m1/s1. The first-order valence-electron chi connectivity index (χ1n) is 6.24. The van der Waals surface area contributed by atoms with Crippen LogP contribution < -0.4 is 5.32 Å². The van der Waals surface area contributed by atoms with Gasteiger partial charge in [-0.2, -0.15) is 0 Å². The van der Waals surface area contributed by atoms with Crippen molar-refractivity contribution in [2.45, 2.75) is 12.5 Å². The number of nitrogens with one attached hydrogen (secondary N) is 1. The number of carbonyl (C=O) groups is 2. The fraction of sp³-hybridized carbons (Fsp3) is 0.429. The molecule has 1 aromatic rings. The van der Waals surface area contributed by atoms with Gasteiger partial charge in [0.25, 0.3) is 5.91 Å². The molecule has 5 heteroatoms. The van der Waals surface area contributed by atoms with Crippen molar-refractivity contribution < 1.29 is 19.1 Å². The third-order valence-corrected chi connectivity index (χ3v) is 3.21. The van der Waals surface area contributed by atoms with E-state index in [2.05, 4.69) is 5.32 Å². The lowest BCUT2D eigenvalue weighted by Gasteiger charge is -2.30. The zero-order chi connectivity index (χ0) is 13.7. The molecule has 2 rings (SSSR count). The Morgan fingerprint density at radius 1 is 1.32 bits per heavy atom. The maximum absolute atomic E-state index is 12.1. The number of benzene rings is 1. The van der Waals surface area contributed by atoms with Crippen LogP contribution in [0, 0.1) is 5.92 Å². The number of methoxy groups -OCH3 is 1. The van der Waals surface area contributed by atoms with Crippen LogP contribution in [0.15, 0.2) is 30.3 Å². The second kappa shape index (κ2) is 6.33. The second-order valence-corrected chi connectivity index (χ2v) is 4.44. The molecule has 0 bridgehead atoms. The molecule has 1 saturated heterocycles. The predicted octanol–water partition coefficient (Wildman–Crippen LogP) is 0.994. The average molecular weight is 263 g/mol. The molecule has 1 aliphatic heterocycles. The monoisotopic (exact) mass is 263 g/mol. The van der Waals surface area contributed by atoms with E-state index in [1.54, 1.807) is 24.3 Å². The minimum atomic E-state index is -0.439. The minimum absolute atomic E-state index is 0.179. The van der Waals surface area contributed by atoms with Crippen LogP contribution in [0.3, 0.4) is 0 Å². The number of amides is 1. The van der Waals surface area contributed by atoms with E-state index in [4.69, 9.17) is 9.47 Å². The van der Waals surface area contributed by atoms with Gasteiger partial charge in [-0.25, -0.2) is 0 Å². The summed E-state index contributed by atoms with van der Waals surface area (Å²) in [5.74, 6) is -0.967. The van der Waals surface area contributed by atoms with Gasteiger partial charge in [0, 0.05) is 18.2 Å². The number of ether oxygens (including phenoxy) is 2. The van der Waals surface area contributed by atoms with Gasteiger partial charge in [0.15, 0.2) is 0 Å². The Morgan fingerprint density at radius 3 is 2.74 bits per heavy atom. The minimum Gasteiger partial charge on any atom is -0.469 e. The van der Waals surface area contributed by atoms with Gasteiger partial charge in [-0.3, -0.25) is 9.59 Å². The summed E-state index contributed by atoms with van der Waals surface area (Å²) in [4.78, 5) is 23.7. The largest absolute Gasteiger partial charge is 0.469 e. The third kappa shape index (κ3) is 3.32. The van der Waals surface area contributed by atoms with Crippen LogP contribution in [0.25, 0.3) is 0 Å². The fourth-order valence-electron chi connectivity index (χ4n) is 2.14. The van der Waals surface area contributed by atoms with E-state index in [9.17, 15) is 9.59 Å². The highest BCUT2D eigenvalue weighted by atomic mass is 16.5. The number of carbonyl (C=O) groups excluding carboxylic acids is 2. The summed E-state index contributed by atoms with van der Waals surface area (Å²) in [6.45, 7) is 0.819. The summed E-state index contributed by atoms with van der Waals surface area (Å²) >= 11 is 0. The average Bonchev–Trinajstić information content (AvgIpc) is 2.48. The SMILES string of the molecule is COC(=O)[C@@H]1COCC[C@@H]1NC(=O)c1ccccc1. The molecule has 19 heavy (non-hydrogen) atoms. The number of hydrogen-bond donors (Lipinski definition) is 1. The van der Waals surface area contributed by atoms with E-state index in [0.717, 1.165) is 0 Å². The van der Waals surface area contributed by atoms with Crippen LogP contribution in [-0.2, 0) is 14.3 Å². The summed E-state index contributed by atoms with van der Waals surface area (Å²) in [5.41, 5.74) is 0.581. The van der Waals surface area contributed by atoms with Gasteiger partial charge < -0.3 is 14.8 Å². The van der Waals surface area contributed by atoms with Crippen LogP contribution in [0.5, 0.6) is 0 Å². The molecule has 2 atom stereocenters. The van der Waals surface area contributed by atoms with Gasteiger partial charge >= 0.3 is 5.97 Å². The summed E-state index contributed by atoms with van der Waals surface area (Å²) < 4.78 is 10.0. The van der Waals surface area contributed by atoms with Crippen LogP contribution in [0.4, 0.5) is 0 Å². The van der Waals surface area contributed by atoms with Crippen molar-refractivity contribution in [3.63, 3.8) is 0 Å². The highest BCUT2D eigenvalue weighted by molar-refractivity contribution is 5.94. The maximum Gasteiger partial charge on any atom is 0.313 e. The van der Waals surface area contributed by atoms with Gasteiger partial charge in [-0.15, -0.1) is 0 Å². The third-order valence-electron chi connectivity index (χ3n) is 3.21. The molecule has 1 heterocycles. The summed E-state index contributed by atoms with van der Waals surface area (Å²) in [6, 6.07) is 8.69. The van der Waals surface area contributed by atoms with Crippen molar-refractivity contribution in [2.75, 3.05) is 20.3 Å². The quantitative estimate of drug-likeness (QED) is 0.826. The van der Waals surface area contributed by atoms with Crippen LogP contribution >= 0.6 is 0 Å². The Morgan fingerprint density at radius 2 is 2.05 bits per heavy atom. The van der Waals surface area contributed by atoms with E-state index in [-0.39, 0.29) is 24.5 Å². The van der Waals surface area contributed by atoms with Crippen molar-refractivity contribution in [2.24, 2.45) is 5.92 Å². The van der Waals surface area contributed by atoms with Gasteiger partial charge in [0.05, 0.1) is 13.7 Å². The molecule has 1 aliphatic rings. The molecule has 1 amide bonds. The first kappa shape index (κ1) is 13.5. The zero-order valence-corrected chi connectivity index (χ0v) is 10.8. The topological polar surface area (TPSA) is 64.6 Å². The zero-order valence-electron chi connectivity index (χ0n) is 10.8. The van der Waals surface area contributed by atoms with Gasteiger partial charge in [-0.05, 0) is 18.6 Å². The molecule has 0 aromatic heterocycles. The Bertz CT molecular complexity index is 446. The van der Waals surface area contributed by atoms with Gasteiger partial charge in [0.1, 0.15) is 5.92 Å². The number of rotatable bonds is 3. The normalized spacial score (nSPS) is 22.6. The molecular weight excluding hydrogens is 246 g/mol. The molecule has 0 saturated carbocycles. The van der Waals surface area contributed by atoms with Crippen molar-refractivity contribution in [3.8, 4) is 0 Å². The molecule has 0 aliphatic carbocycles. The lowest BCUT2D eigenvalue weighted by molar-refractivity contribution is -0.151. The molecule has 0 spiro atoms. The van der Waals surface area contributed by atoms with Crippen molar-refractivity contribution in [1.82, 2.24) is 5.32 Å². The first-order valence-corrected chi connectivity index (χ1v) is 6.24. The van der Waals surface area contributed by atoms with Crippen LogP contribution in [0.1, 0.15) is 16.8 Å². The van der Waals surface area contributed by atoms with Crippen molar-refractivity contribution >= 4 is 11.9 Å². The van der Waals surface area contributed by atoms with Crippen molar-refractivity contribution in [1.29, 1.82) is 0 Å². The van der Waals surface area contributed by atoms with Crippen LogP contribution in [0.2, 0.25) is 0 Å². The molecule has 1 fully saturated rings. The Labute approximate surface area is 111 Å². The Balaban J connectivity index is 2.03. The molecular formula is C14H17NO4. The summed E-state index contributed by atoms with van der Waals surface area (Å²) in [7, 11) is 1.34. The molecule has 1 aromatic carbocycles. The van der Waals surface area contributed by atoms with Crippen molar-refractivity contribution in [3.05, 3.63) is 35.9 Å². The second-order valence-electron chi connectivity index (χ2n) is 4.44.